The SMILES string of the molecule is CN(C)Cc1ncccc1OCC[C@@H]1CN(C(=O)O)CCN1C(=O)O. The molecule has 0 radical (unpaired) electrons. The highest BCUT2D eigenvalue weighted by Crippen LogP contribution is 2.19. The summed E-state index contributed by atoms with van der Waals surface area (Å²) < 4.78 is 5.79. The fraction of sp³-hybridized carbons (Fsp3) is 0.562. The maximum absolute atomic E-state index is 11.4. The Hall–Kier alpha value is -2.55. The second-order valence-corrected chi connectivity index (χ2v) is 6.18. The molecule has 0 unspecified atom stereocenters. The largest absolute Gasteiger partial charge is 0.492 e. The molecule has 0 spiro atoms. The van der Waals surface area contributed by atoms with Crippen LogP contribution in [-0.2, 0) is 6.54 Å². The van der Waals surface area contributed by atoms with Crippen LogP contribution in [0.15, 0.2) is 18.3 Å². The first-order chi connectivity index (χ1) is 11.9. The molecule has 9 heteroatoms. The highest BCUT2D eigenvalue weighted by atomic mass is 16.5. The van der Waals surface area contributed by atoms with Crippen molar-refractivity contribution in [3.8, 4) is 5.75 Å². The van der Waals surface area contributed by atoms with Crippen molar-refractivity contribution in [3.63, 3.8) is 0 Å². The minimum Gasteiger partial charge on any atom is -0.492 e. The molecule has 0 saturated carbocycles. The Morgan fingerprint density at radius 3 is 2.72 bits per heavy atom. The van der Waals surface area contributed by atoms with Crippen LogP contribution in [0.2, 0.25) is 0 Å². The van der Waals surface area contributed by atoms with Crippen LogP contribution in [0, 0.1) is 0 Å². The monoisotopic (exact) mass is 352 g/mol. The van der Waals surface area contributed by atoms with Gasteiger partial charge in [0.2, 0.25) is 0 Å². The molecule has 1 fully saturated rings. The number of aromatic nitrogens is 1. The molecule has 1 atom stereocenters. The zero-order valence-electron chi connectivity index (χ0n) is 14.5. The van der Waals surface area contributed by atoms with Crippen LogP contribution in [0.4, 0.5) is 9.59 Å². The molecule has 1 aromatic heterocycles. The molecule has 2 rings (SSSR count). The topological polar surface area (TPSA) is 106 Å². The third kappa shape index (κ3) is 5.21. The van der Waals surface area contributed by atoms with Crippen LogP contribution in [0.25, 0.3) is 0 Å². The lowest BCUT2D eigenvalue weighted by atomic mass is 10.1. The summed E-state index contributed by atoms with van der Waals surface area (Å²) in [6, 6.07) is 3.19. The van der Waals surface area contributed by atoms with E-state index < -0.39 is 18.2 Å². The first-order valence-corrected chi connectivity index (χ1v) is 8.07. The average Bonchev–Trinajstić information content (AvgIpc) is 2.55. The number of ether oxygens (including phenoxy) is 1. The summed E-state index contributed by atoms with van der Waals surface area (Å²) in [7, 11) is 3.87. The molecule has 1 saturated heterocycles. The van der Waals surface area contributed by atoms with Gasteiger partial charge in [-0.15, -0.1) is 0 Å². The van der Waals surface area contributed by atoms with Crippen molar-refractivity contribution in [1.29, 1.82) is 0 Å². The number of carboxylic acid groups (broad SMARTS) is 2. The van der Waals surface area contributed by atoms with Gasteiger partial charge in [-0.2, -0.15) is 0 Å². The van der Waals surface area contributed by atoms with Gasteiger partial charge in [-0.1, -0.05) is 0 Å². The predicted molar refractivity (Wildman–Crippen MR) is 89.9 cm³/mol. The van der Waals surface area contributed by atoms with Crippen LogP contribution in [-0.4, -0.2) is 88.5 Å². The number of carbonyl (C=O) groups is 2. The fourth-order valence-corrected chi connectivity index (χ4v) is 2.81. The number of hydrogen-bond donors (Lipinski definition) is 2. The zero-order valence-corrected chi connectivity index (χ0v) is 14.5. The van der Waals surface area contributed by atoms with E-state index in [-0.39, 0.29) is 26.2 Å². The van der Waals surface area contributed by atoms with Crippen LogP contribution in [0.1, 0.15) is 12.1 Å². The summed E-state index contributed by atoms with van der Waals surface area (Å²) in [6.07, 6.45) is 0.0389. The van der Waals surface area contributed by atoms with Crippen molar-refractivity contribution in [2.45, 2.75) is 19.0 Å². The first kappa shape index (κ1) is 18.8. The number of hydrogen-bond acceptors (Lipinski definition) is 5. The van der Waals surface area contributed by atoms with Crippen molar-refractivity contribution >= 4 is 12.2 Å². The number of pyridine rings is 1. The zero-order chi connectivity index (χ0) is 18.4. The Morgan fingerprint density at radius 1 is 1.32 bits per heavy atom. The van der Waals surface area contributed by atoms with E-state index in [4.69, 9.17) is 9.84 Å². The predicted octanol–water partition coefficient (Wildman–Crippen LogP) is 1.25. The minimum absolute atomic E-state index is 0.155. The lowest BCUT2D eigenvalue weighted by Crippen LogP contribution is -2.56. The Kier molecular flexibility index (Phi) is 6.40. The van der Waals surface area contributed by atoms with E-state index >= 15 is 0 Å². The van der Waals surface area contributed by atoms with E-state index in [1.54, 1.807) is 12.3 Å². The summed E-state index contributed by atoms with van der Waals surface area (Å²) in [5.74, 6) is 0.656. The van der Waals surface area contributed by atoms with Gasteiger partial charge < -0.3 is 29.6 Å². The standard InChI is InChI=1S/C16H24N4O5/c1-18(2)11-13-14(4-3-6-17-13)25-9-5-12-10-19(15(21)22)7-8-20(12)16(23)24/h3-4,6,12H,5,7-11H2,1-2H3,(H,21,22)(H,23,24)/t12-/m1/s1. The quantitative estimate of drug-likeness (QED) is 0.793. The number of piperazine rings is 1. The van der Waals surface area contributed by atoms with E-state index in [0.29, 0.717) is 18.7 Å². The van der Waals surface area contributed by atoms with Crippen LogP contribution < -0.4 is 4.74 Å². The molecule has 25 heavy (non-hydrogen) atoms. The molecule has 2 amide bonds. The molecule has 0 aromatic carbocycles. The van der Waals surface area contributed by atoms with Crippen LogP contribution >= 0.6 is 0 Å². The highest BCUT2D eigenvalue weighted by Gasteiger charge is 2.32. The number of amides is 2. The Balaban J connectivity index is 1.96. The van der Waals surface area contributed by atoms with Gasteiger partial charge in [-0.05, 0) is 26.2 Å². The van der Waals surface area contributed by atoms with Gasteiger partial charge in [0.1, 0.15) is 5.75 Å². The second-order valence-electron chi connectivity index (χ2n) is 6.18. The maximum Gasteiger partial charge on any atom is 0.407 e. The Bertz CT molecular complexity index is 610. The normalized spacial score (nSPS) is 17.6. The number of nitrogens with zero attached hydrogens (tertiary/aromatic N) is 4. The summed E-state index contributed by atoms with van der Waals surface area (Å²) >= 11 is 0. The smallest absolute Gasteiger partial charge is 0.407 e. The van der Waals surface area contributed by atoms with Gasteiger partial charge in [-0.3, -0.25) is 4.98 Å². The van der Waals surface area contributed by atoms with Crippen LogP contribution in [0.3, 0.4) is 0 Å². The van der Waals surface area contributed by atoms with E-state index in [1.165, 1.54) is 9.80 Å². The van der Waals surface area contributed by atoms with Gasteiger partial charge in [0.15, 0.2) is 0 Å². The number of rotatable bonds is 6. The molecule has 0 bridgehead atoms. The summed E-state index contributed by atoms with van der Waals surface area (Å²) in [4.78, 5) is 31.3. The van der Waals surface area contributed by atoms with Crippen molar-refractivity contribution in [1.82, 2.24) is 19.7 Å². The molecule has 0 aliphatic carbocycles. The molecule has 1 aliphatic heterocycles. The molecule has 1 aliphatic rings. The van der Waals surface area contributed by atoms with Gasteiger partial charge in [0, 0.05) is 38.8 Å². The lowest BCUT2D eigenvalue weighted by molar-refractivity contribution is 0.0561. The summed E-state index contributed by atoms with van der Waals surface area (Å²) in [6.45, 7) is 1.43. The molecule has 9 nitrogen and oxygen atoms in total. The maximum atomic E-state index is 11.4. The third-order valence-electron chi connectivity index (χ3n) is 4.02. The fourth-order valence-electron chi connectivity index (χ4n) is 2.81. The van der Waals surface area contributed by atoms with Gasteiger partial charge >= 0.3 is 12.2 Å². The summed E-state index contributed by atoms with van der Waals surface area (Å²) in [5, 5.41) is 18.4. The van der Waals surface area contributed by atoms with Gasteiger partial charge in [-0.25, -0.2) is 9.59 Å². The Labute approximate surface area is 146 Å². The van der Waals surface area contributed by atoms with E-state index in [2.05, 4.69) is 4.98 Å². The van der Waals surface area contributed by atoms with Crippen molar-refractivity contribution < 1.29 is 24.5 Å². The minimum atomic E-state index is -1.04. The van der Waals surface area contributed by atoms with Crippen molar-refractivity contribution in [2.24, 2.45) is 0 Å². The molecular weight excluding hydrogens is 328 g/mol. The summed E-state index contributed by atoms with van der Waals surface area (Å²) in [5.41, 5.74) is 0.804. The molecule has 1 aromatic rings. The molecular formula is C16H24N4O5. The first-order valence-electron chi connectivity index (χ1n) is 8.07. The van der Waals surface area contributed by atoms with E-state index in [9.17, 15) is 14.7 Å². The third-order valence-corrected chi connectivity index (χ3v) is 4.02. The second kappa shape index (κ2) is 8.52. The average molecular weight is 352 g/mol. The lowest BCUT2D eigenvalue weighted by Gasteiger charge is -2.38. The van der Waals surface area contributed by atoms with Gasteiger partial charge in [0.25, 0.3) is 0 Å². The van der Waals surface area contributed by atoms with Gasteiger partial charge in [0.05, 0.1) is 18.3 Å². The molecule has 2 heterocycles. The highest BCUT2D eigenvalue weighted by molar-refractivity contribution is 5.68. The Morgan fingerprint density at radius 2 is 2.08 bits per heavy atom. The van der Waals surface area contributed by atoms with Crippen molar-refractivity contribution in [3.05, 3.63) is 24.0 Å². The van der Waals surface area contributed by atoms with Crippen molar-refractivity contribution in [2.75, 3.05) is 40.3 Å². The molecule has 2 N–H and O–H groups in total. The van der Waals surface area contributed by atoms with Crippen LogP contribution in [0.5, 0.6) is 5.75 Å². The van der Waals surface area contributed by atoms with E-state index in [0.717, 1.165) is 5.69 Å². The van der Waals surface area contributed by atoms with E-state index in [1.807, 2.05) is 25.1 Å². The molecule has 138 valence electrons.